The zero-order chi connectivity index (χ0) is 21.3. The fraction of sp³-hybridized carbons (Fsp3) is 0.250. The fourth-order valence-electron chi connectivity index (χ4n) is 3.83. The molecule has 1 fully saturated rings. The summed E-state index contributed by atoms with van der Waals surface area (Å²) in [7, 11) is 0. The Hall–Kier alpha value is -3.05. The van der Waals surface area contributed by atoms with Crippen molar-refractivity contribution in [2.75, 3.05) is 19.7 Å². The summed E-state index contributed by atoms with van der Waals surface area (Å²) >= 11 is 6.21. The minimum atomic E-state index is -0.129. The number of halogens is 1. The van der Waals surface area contributed by atoms with Crippen molar-refractivity contribution < 1.29 is 14.3 Å². The second kappa shape index (κ2) is 8.36. The van der Waals surface area contributed by atoms with E-state index in [0.717, 1.165) is 27.6 Å². The quantitative estimate of drug-likeness (QED) is 0.672. The van der Waals surface area contributed by atoms with E-state index in [4.69, 9.17) is 16.3 Å². The van der Waals surface area contributed by atoms with E-state index in [2.05, 4.69) is 11.4 Å². The highest BCUT2D eigenvalue weighted by Crippen LogP contribution is 2.34. The van der Waals surface area contributed by atoms with Crippen molar-refractivity contribution in [3.05, 3.63) is 65.2 Å². The summed E-state index contributed by atoms with van der Waals surface area (Å²) in [5.41, 5.74) is 2.50. The molecule has 154 valence electrons. The molecule has 5 nitrogen and oxygen atoms in total. The molecule has 1 aliphatic rings. The summed E-state index contributed by atoms with van der Waals surface area (Å²) in [5.74, 6) is 0.529. The van der Waals surface area contributed by atoms with Gasteiger partial charge < -0.3 is 15.0 Å². The predicted octanol–water partition coefficient (Wildman–Crippen LogP) is 4.52. The van der Waals surface area contributed by atoms with E-state index < -0.39 is 0 Å². The van der Waals surface area contributed by atoms with Crippen LogP contribution in [-0.2, 0) is 4.79 Å². The summed E-state index contributed by atoms with van der Waals surface area (Å²) in [4.78, 5) is 26.3. The lowest BCUT2D eigenvalue weighted by molar-refractivity contribution is -0.124. The average molecular weight is 423 g/mol. The molecular formula is C24H23ClN2O3. The van der Waals surface area contributed by atoms with Crippen molar-refractivity contribution in [3.63, 3.8) is 0 Å². The van der Waals surface area contributed by atoms with Crippen molar-refractivity contribution in [1.82, 2.24) is 10.2 Å². The molecule has 30 heavy (non-hydrogen) atoms. The van der Waals surface area contributed by atoms with E-state index in [0.29, 0.717) is 23.7 Å². The molecule has 1 aliphatic heterocycles. The van der Waals surface area contributed by atoms with Crippen molar-refractivity contribution in [3.8, 4) is 16.9 Å². The largest absolute Gasteiger partial charge is 0.493 e. The smallest absolute Gasteiger partial charge is 0.254 e. The highest BCUT2D eigenvalue weighted by molar-refractivity contribution is 6.31. The Morgan fingerprint density at radius 2 is 1.90 bits per heavy atom. The summed E-state index contributed by atoms with van der Waals surface area (Å²) in [6.45, 7) is 5.02. The number of hydrogen-bond donors (Lipinski definition) is 1. The second-order valence-electron chi connectivity index (χ2n) is 7.50. The van der Waals surface area contributed by atoms with Gasteiger partial charge in [-0.05, 0) is 66.6 Å². The molecular weight excluding hydrogens is 400 g/mol. The van der Waals surface area contributed by atoms with Crippen LogP contribution in [0.2, 0.25) is 5.02 Å². The Bertz CT molecular complexity index is 1130. The topological polar surface area (TPSA) is 58.6 Å². The van der Waals surface area contributed by atoms with Crippen LogP contribution in [-0.4, -0.2) is 42.5 Å². The lowest BCUT2D eigenvalue weighted by atomic mass is 9.99. The third kappa shape index (κ3) is 4.12. The van der Waals surface area contributed by atoms with Gasteiger partial charge in [-0.15, -0.1) is 0 Å². The molecule has 1 N–H and O–H groups in total. The predicted molar refractivity (Wildman–Crippen MR) is 119 cm³/mol. The van der Waals surface area contributed by atoms with Crippen molar-refractivity contribution >= 4 is 34.2 Å². The Labute approximate surface area is 180 Å². The molecule has 0 aromatic heterocycles. The lowest BCUT2D eigenvalue weighted by Crippen LogP contribution is -2.54. The first kappa shape index (κ1) is 20.2. The third-order valence-electron chi connectivity index (χ3n) is 5.16. The first-order valence-corrected chi connectivity index (χ1v) is 10.4. The Morgan fingerprint density at radius 3 is 2.67 bits per heavy atom. The minimum absolute atomic E-state index is 0.0459. The molecule has 1 atom stereocenters. The molecule has 0 aliphatic carbocycles. The second-order valence-corrected chi connectivity index (χ2v) is 7.94. The van der Waals surface area contributed by atoms with E-state index in [1.54, 1.807) is 4.90 Å². The molecule has 3 aromatic rings. The molecule has 6 heteroatoms. The molecule has 0 saturated carbocycles. The van der Waals surface area contributed by atoms with Crippen LogP contribution in [0.3, 0.4) is 0 Å². The number of piperazine rings is 1. The Balaban J connectivity index is 1.66. The number of hydrogen-bond acceptors (Lipinski definition) is 3. The van der Waals surface area contributed by atoms with Crippen LogP contribution >= 0.6 is 11.6 Å². The molecule has 1 saturated heterocycles. The number of carbonyl (C=O) groups excluding carboxylic acids is 2. The number of carbonyl (C=O) groups is 2. The van der Waals surface area contributed by atoms with Gasteiger partial charge in [0.05, 0.1) is 13.2 Å². The molecule has 2 amide bonds. The van der Waals surface area contributed by atoms with Crippen LogP contribution in [0.15, 0.2) is 54.6 Å². The van der Waals surface area contributed by atoms with Gasteiger partial charge in [0.25, 0.3) is 5.91 Å². The maximum atomic E-state index is 12.9. The minimum Gasteiger partial charge on any atom is -0.493 e. The summed E-state index contributed by atoms with van der Waals surface area (Å²) in [6.07, 6.45) is 0. The standard InChI is InChI=1S/C24H23ClN2O3/c1-3-30-22-9-8-20(25)12-21(22)18-6-4-17-11-19(7-5-16(17)10-18)24(29)27-13-15(2)26-23(28)14-27/h4-12,15H,3,13-14H2,1-2H3,(H,26,28)/t15-/m0/s1. The molecule has 3 aromatic carbocycles. The van der Waals surface area contributed by atoms with Gasteiger partial charge in [0.15, 0.2) is 0 Å². The van der Waals surface area contributed by atoms with Crippen LogP contribution in [0, 0.1) is 0 Å². The Morgan fingerprint density at radius 1 is 1.13 bits per heavy atom. The van der Waals surface area contributed by atoms with Crippen molar-refractivity contribution in [1.29, 1.82) is 0 Å². The van der Waals surface area contributed by atoms with E-state index in [9.17, 15) is 9.59 Å². The van der Waals surface area contributed by atoms with Crippen LogP contribution < -0.4 is 10.1 Å². The first-order chi connectivity index (χ1) is 14.4. The number of amides is 2. The van der Waals surface area contributed by atoms with Gasteiger partial charge in [-0.3, -0.25) is 9.59 Å². The van der Waals surface area contributed by atoms with Gasteiger partial charge in [-0.2, -0.15) is 0 Å². The molecule has 0 radical (unpaired) electrons. The fourth-order valence-corrected chi connectivity index (χ4v) is 4.00. The van der Waals surface area contributed by atoms with Crippen LogP contribution in [0.4, 0.5) is 0 Å². The van der Waals surface area contributed by atoms with Crippen LogP contribution in [0.5, 0.6) is 5.75 Å². The van der Waals surface area contributed by atoms with E-state index in [1.807, 2.05) is 62.4 Å². The average Bonchev–Trinajstić information content (AvgIpc) is 2.73. The molecule has 0 spiro atoms. The van der Waals surface area contributed by atoms with Gasteiger partial charge in [-0.1, -0.05) is 29.8 Å². The normalized spacial score (nSPS) is 16.4. The van der Waals surface area contributed by atoms with Gasteiger partial charge in [0, 0.05) is 28.7 Å². The highest BCUT2D eigenvalue weighted by Gasteiger charge is 2.26. The first-order valence-electron chi connectivity index (χ1n) is 10.00. The van der Waals surface area contributed by atoms with Gasteiger partial charge >= 0.3 is 0 Å². The van der Waals surface area contributed by atoms with Crippen LogP contribution in [0.1, 0.15) is 24.2 Å². The number of ether oxygens (including phenoxy) is 1. The van der Waals surface area contributed by atoms with E-state index in [-0.39, 0.29) is 24.4 Å². The third-order valence-corrected chi connectivity index (χ3v) is 5.40. The molecule has 0 bridgehead atoms. The summed E-state index contributed by atoms with van der Waals surface area (Å²) < 4.78 is 5.75. The number of fused-ring (bicyclic) bond motifs is 1. The number of benzene rings is 3. The van der Waals surface area contributed by atoms with Gasteiger partial charge in [-0.25, -0.2) is 0 Å². The van der Waals surface area contributed by atoms with Crippen molar-refractivity contribution in [2.24, 2.45) is 0 Å². The van der Waals surface area contributed by atoms with E-state index >= 15 is 0 Å². The van der Waals surface area contributed by atoms with Crippen LogP contribution in [0.25, 0.3) is 21.9 Å². The summed E-state index contributed by atoms with van der Waals surface area (Å²) in [6, 6.07) is 17.2. The number of rotatable bonds is 4. The maximum absolute atomic E-state index is 12.9. The summed E-state index contributed by atoms with van der Waals surface area (Å²) in [5, 5.41) is 5.45. The molecule has 1 heterocycles. The number of nitrogens with zero attached hydrogens (tertiary/aromatic N) is 1. The number of nitrogens with one attached hydrogen (secondary N) is 1. The van der Waals surface area contributed by atoms with Gasteiger partial charge in [0.1, 0.15) is 5.75 Å². The van der Waals surface area contributed by atoms with E-state index in [1.165, 1.54) is 0 Å². The lowest BCUT2D eigenvalue weighted by Gasteiger charge is -2.31. The molecule has 0 unspecified atom stereocenters. The highest BCUT2D eigenvalue weighted by atomic mass is 35.5. The zero-order valence-corrected chi connectivity index (χ0v) is 17.7. The maximum Gasteiger partial charge on any atom is 0.254 e. The zero-order valence-electron chi connectivity index (χ0n) is 16.9. The monoisotopic (exact) mass is 422 g/mol. The molecule has 4 rings (SSSR count). The SMILES string of the molecule is CCOc1ccc(Cl)cc1-c1ccc2cc(C(=O)N3CC(=O)N[C@@H](C)C3)ccc2c1. The van der Waals surface area contributed by atoms with Gasteiger partial charge in [0.2, 0.25) is 5.91 Å². The van der Waals surface area contributed by atoms with Crippen molar-refractivity contribution in [2.45, 2.75) is 19.9 Å². The Kier molecular flexibility index (Phi) is 5.64.